The fourth-order valence-corrected chi connectivity index (χ4v) is 5.01. The molecular formula is C18H28O4. The number of hydrogen-bond acceptors (Lipinski definition) is 4. The monoisotopic (exact) mass is 308 g/mol. The van der Waals surface area contributed by atoms with E-state index in [0.717, 1.165) is 25.7 Å². The van der Waals surface area contributed by atoms with Crippen molar-refractivity contribution >= 4 is 11.9 Å². The van der Waals surface area contributed by atoms with Crippen molar-refractivity contribution in [2.24, 2.45) is 34.5 Å². The van der Waals surface area contributed by atoms with Gasteiger partial charge in [0.05, 0.1) is 25.0 Å². The predicted octanol–water partition coefficient (Wildman–Crippen LogP) is 3.19. The lowest BCUT2D eigenvalue weighted by molar-refractivity contribution is -0.147. The minimum absolute atomic E-state index is 0.0152. The number of carbonyl (C=O) groups excluding carboxylic acids is 2. The number of fused-ring (bicyclic) bond motifs is 1. The van der Waals surface area contributed by atoms with E-state index in [9.17, 15) is 9.59 Å². The van der Waals surface area contributed by atoms with Gasteiger partial charge < -0.3 is 9.47 Å². The molecule has 0 spiro atoms. The number of ether oxygens (including phenoxy) is 2. The SMILES string of the molecule is CCOC(=O)[C@@H]1C[C@]1(C)[C@@H]1CC[C@]2(C)[C@@H](C1)[C@@H]2C(=O)OCC. The molecule has 3 rings (SSSR count). The van der Waals surface area contributed by atoms with Crippen molar-refractivity contribution in [3.8, 4) is 0 Å². The number of esters is 2. The molecule has 22 heavy (non-hydrogen) atoms. The molecule has 0 bridgehead atoms. The standard InChI is InChI=1S/C18H28O4/c1-5-21-15(19)13-10-18(13,4)11-7-8-17(3)12(9-11)14(17)16(20)22-6-2/h11-14H,5-10H2,1-4H3/t11-,12+,13+,14-,17-,18-/m1/s1. The lowest BCUT2D eigenvalue weighted by Gasteiger charge is -2.30. The van der Waals surface area contributed by atoms with Crippen LogP contribution in [-0.4, -0.2) is 25.2 Å². The maximum atomic E-state index is 12.1. The molecule has 0 radical (unpaired) electrons. The van der Waals surface area contributed by atoms with E-state index in [-0.39, 0.29) is 34.6 Å². The molecule has 3 fully saturated rings. The third-order valence-corrected chi connectivity index (χ3v) is 6.74. The van der Waals surface area contributed by atoms with Gasteiger partial charge in [-0.15, -0.1) is 0 Å². The average molecular weight is 308 g/mol. The fourth-order valence-electron chi connectivity index (χ4n) is 5.01. The van der Waals surface area contributed by atoms with Gasteiger partial charge in [0.25, 0.3) is 0 Å². The van der Waals surface area contributed by atoms with Crippen LogP contribution in [0.1, 0.15) is 53.4 Å². The van der Waals surface area contributed by atoms with Crippen molar-refractivity contribution < 1.29 is 19.1 Å². The molecule has 0 saturated heterocycles. The van der Waals surface area contributed by atoms with Crippen molar-refractivity contribution in [2.75, 3.05) is 13.2 Å². The Morgan fingerprint density at radius 3 is 2.32 bits per heavy atom. The molecule has 0 heterocycles. The van der Waals surface area contributed by atoms with Gasteiger partial charge >= 0.3 is 11.9 Å². The van der Waals surface area contributed by atoms with Gasteiger partial charge in [0.15, 0.2) is 0 Å². The Hall–Kier alpha value is -1.06. The lowest BCUT2D eigenvalue weighted by atomic mass is 9.74. The first-order chi connectivity index (χ1) is 10.4. The van der Waals surface area contributed by atoms with Gasteiger partial charge in [-0.25, -0.2) is 0 Å². The highest BCUT2D eigenvalue weighted by Gasteiger charge is 2.70. The Labute approximate surface area is 132 Å². The number of carbonyl (C=O) groups is 2. The Bertz CT molecular complexity index is 487. The van der Waals surface area contributed by atoms with Gasteiger partial charge in [0, 0.05) is 0 Å². The van der Waals surface area contributed by atoms with E-state index in [1.54, 1.807) is 0 Å². The summed E-state index contributed by atoms with van der Waals surface area (Å²) < 4.78 is 10.4. The number of rotatable bonds is 5. The van der Waals surface area contributed by atoms with E-state index in [4.69, 9.17) is 9.47 Å². The van der Waals surface area contributed by atoms with Crippen molar-refractivity contribution in [3.05, 3.63) is 0 Å². The molecule has 0 amide bonds. The zero-order chi connectivity index (χ0) is 16.1. The van der Waals surface area contributed by atoms with Gasteiger partial charge in [-0.3, -0.25) is 9.59 Å². The van der Waals surface area contributed by atoms with E-state index in [1.165, 1.54) is 0 Å². The predicted molar refractivity (Wildman–Crippen MR) is 81.9 cm³/mol. The first-order valence-corrected chi connectivity index (χ1v) is 8.71. The molecular weight excluding hydrogens is 280 g/mol. The first kappa shape index (κ1) is 15.8. The molecule has 0 aromatic rings. The molecule has 0 unspecified atom stereocenters. The third kappa shape index (κ3) is 2.26. The van der Waals surface area contributed by atoms with Crippen LogP contribution >= 0.6 is 0 Å². The van der Waals surface area contributed by atoms with E-state index in [1.807, 2.05) is 13.8 Å². The summed E-state index contributed by atoms with van der Waals surface area (Å²) in [6.07, 6.45) is 4.21. The summed E-state index contributed by atoms with van der Waals surface area (Å²) >= 11 is 0. The van der Waals surface area contributed by atoms with Gasteiger partial charge in [-0.2, -0.15) is 0 Å². The van der Waals surface area contributed by atoms with Crippen LogP contribution < -0.4 is 0 Å². The second kappa shape index (κ2) is 5.24. The van der Waals surface area contributed by atoms with Crippen molar-refractivity contribution in [2.45, 2.75) is 53.4 Å². The second-order valence-electron chi connectivity index (χ2n) is 7.83. The highest BCUT2D eigenvalue weighted by molar-refractivity contribution is 5.78. The Morgan fingerprint density at radius 1 is 1.05 bits per heavy atom. The topological polar surface area (TPSA) is 52.6 Å². The van der Waals surface area contributed by atoms with Gasteiger partial charge in [0.2, 0.25) is 0 Å². The van der Waals surface area contributed by atoms with Gasteiger partial charge in [0.1, 0.15) is 0 Å². The van der Waals surface area contributed by atoms with Crippen LogP contribution in [0.5, 0.6) is 0 Å². The zero-order valence-electron chi connectivity index (χ0n) is 14.2. The maximum absolute atomic E-state index is 12.1. The minimum atomic E-state index is -0.0314. The second-order valence-corrected chi connectivity index (χ2v) is 7.83. The van der Waals surface area contributed by atoms with Crippen LogP contribution in [-0.2, 0) is 19.1 Å². The molecule has 6 atom stereocenters. The van der Waals surface area contributed by atoms with Gasteiger partial charge in [-0.05, 0) is 62.2 Å². The summed E-state index contributed by atoms with van der Waals surface area (Å²) in [4.78, 5) is 24.1. The average Bonchev–Trinajstić information content (AvgIpc) is 3.31. The summed E-state index contributed by atoms with van der Waals surface area (Å²) in [5, 5.41) is 0. The van der Waals surface area contributed by atoms with E-state index in [0.29, 0.717) is 25.0 Å². The van der Waals surface area contributed by atoms with Crippen LogP contribution in [0.25, 0.3) is 0 Å². The molecule has 3 aliphatic rings. The van der Waals surface area contributed by atoms with Crippen LogP contribution in [0.15, 0.2) is 0 Å². The van der Waals surface area contributed by atoms with Crippen LogP contribution in [0.4, 0.5) is 0 Å². The molecule has 0 N–H and O–H groups in total. The van der Waals surface area contributed by atoms with Crippen molar-refractivity contribution in [1.29, 1.82) is 0 Å². The maximum Gasteiger partial charge on any atom is 0.309 e. The summed E-state index contributed by atoms with van der Waals surface area (Å²) in [7, 11) is 0. The number of hydrogen-bond donors (Lipinski definition) is 0. The smallest absolute Gasteiger partial charge is 0.309 e. The van der Waals surface area contributed by atoms with Crippen molar-refractivity contribution in [3.63, 3.8) is 0 Å². The Kier molecular flexibility index (Phi) is 3.77. The molecule has 4 heteroatoms. The van der Waals surface area contributed by atoms with E-state index >= 15 is 0 Å². The van der Waals surface area contributed by atoms with E-state index in [2.05, 4.69) is 13.8 Å². The summed E-state index contributed by atoms with van der Waals surface area (Å²) in [6, 6.07) is 0. The molecule has 4 nitrogen and oxygen atoms in total. The largest absolute Gasteiger partial charge is 0.466 e. The molecule has 3 saturated carbocycles. The third-order valence-electron chi connectivity index (χ3n) is 6.74. The lowest BCUT2D eigenvalue weighted by Crippen LogP contribution is -2.24. The molecule has 0 aromatic carbocycles. The first-order valence-electron chi connectivity index (χ1n) is 8.71. The molecule has 124 valence electrons. The van der Waals surface area contributed by atoms with Crippen LogP contribution in [0.2, 0.25) is 0 Å². The van der Waals surface area contributed by atoms with Gasteiger partial charge in [-0.1, -0.05) is 13.8 Å². The Morgan fingerprint density at radius 2 is 1.68 bits per heavy atom. The highest BCUT2D eigenvalue weighted by Crippen LogP contribution is 2.72. The highest BCUT2D eigenvalue weighted by atomic mass is 16.5. The minimum Gasteiger partial charge on any atom is -0.466 e. The normalized spacial score (nSPS) is 45.6. The van der Waals surface area contributed by atoms with Crippen molar-refractivity contribution in [1.82, 2.24) is 0 Å². The molecule has 0 aliphatic heterocycles. The fraction of sp³-hybridized carbons (Fsp3) is 0.889. The quantitative estimate of drug-likeness (QED) is 0.732. The van der Waals surface area contributed by atoms with E-state index < -0.39 is 0 Å². The van der Waals surface area contributed by atoms with Crippen LogP contribution in [0, 0.1) is 34.5 Å². The molecule has 3 aliphatic carbocycles. The Balaban J connectivity index is 1.62. The summed E-state index contributed by atoms with van der Waals surface area (Å²) in [5.74, 6) is 1.10. The molecule has 0 aromatic heterocycles. The summed E-state index contributed by atoms with van der Waals surface area (Å²) in [5.41, 5.74) is 0.239. The zero-order valence-corrected chi connectivity index (χ0v) is 14.2. The summed E-state index contributed by atoms with van der Waals surface area (Å²) in [6.45, 7) is 9.10. The van der Waals surface area contributed by atoms with Crippen LogP contribution in [0.3, 0.4) is 0 Å².